The fourth-order valence-electron chi connectivity index (χ4n) is 0.761. The van der Waals surface area contributed by atoms with Crippen molar-refractivity contribution >= 4 is 17.6 Å². The third kappa shape index (κ3) is 2.32. The Morgan fingerprint density at radius 3 is 3.17 bits per heavy atom. The number of ether oxygens (including phenoxy) is 1. The summed E-state index contributed by atoms with van der Waals surface area (Å²) in [5.41, 5.74) is 0.856. The Bertz CT molecular complexity index is 244. The zero-order valence-electron chi connectivity index (χ0n) is 6.75. The Morgan fingerprint density at radius 1 is 1.67 bits per heavy atom. The number of rotatable bonds is 4. The summed E-state index contributed by atoms with van der Waals surface area (Å²) in [6, 6.07) is 0. The van der Waals surface area contributed by atoms with Gasteiger partial charge in [0, 0.05) is 30.1 Å². The second kappa shape index (κ2) is 4.90. The lowest BCUT2D eigenvalue weighted by molar-refractivity contribution is 0.134. The molecule has 66 valence electrons. The number of anilines is 1. The van der Waals surface area contributed by atoms with Gasteiger partial charge in [-0.05, 0) is 6.92 Å². The molecule has 0 saturated carbocycles. The van der Waals surface area contributed by atoms with Crippen LogP contribution in [0, 0.1) is 0 Å². The van der Waals surface area contributed by atoms with E-state index in [0.29, 0.717) is 19.0 Å². The SMILES string of the molecule is CCOCc1cncnc1NCl. The molecule has 0 saturated heterocycles. The van der Waals surface area contributed by atoms with Gasteiger partial charge in [-0.3, -0.25) is 4.84 Å². The fourth-order valence-corrected chi connectivity index (χ4v) is 0.931. The lowest BCUT2D eigenvalue weighted by atomic mass is 10.3. The molecule has 1 rings (SSSR count). The first kappa shape index (κ1) is 9.22. The monoisotopic (exact) mass is 187 g/mol. The Hall–Kier alpha value is -0.870. The normalized spacial score (nSPS) is 9.83. The van der Waals surface area contributed by atoms with Gasteiger partial charge in [-0.2, -0.15) is 0 Å². The maximum absolute atomic E-state index is 5.42. The van der Waals surface area contributed by atoms with E-state index in [1.807, 2.05) is 6.92 Å². The average Bonchev–Trinajstić information content (AvgIpc) is 2.15. The van der Waals surface area contributed by atoms with E-state index in [0.717, 1.165) is 5.56 Å². The minimum Gasteiger partial charge on any atom is -0.377 e. The first-order valence-electron chi connectivity index (χ1n) is 3.61. The zero-order valence-corrected chi connectivity index (χ0v) is 7.51. The highest BCUT2D eigenvalue weighted by atomic mass is 35.5. The zero-order chi connectivity index (χ0) is 8.81. The molecule has 0 unspecified atom stereocenters. The van der Waals surface area contributed by atoms with E-state index < -0.39 is 0 Å². The topological polar surface area (TPSA) is 47.0 Å². The molecule has 1 heterocycles. The second-order valence-corrected chi connectivity index (χ2v) is 2.32. The number of aromatic nitrogens is 2. The van der Waals surface area contributed by atoms with Gasteiger partial charge in [0.2, 0.25) is 0 Å². The summed E-state index contributed by atoms with van der Waals surface area (Å²) in [5.74, 6) is 0.597. The third-order valence-electron chi connectivity index (χ3n) is 1.34. The summed E-state index contributed by atoms with van der Waals surface area (Å²) in [6.45, 7) is 3.07. The van der Waals surface area contributed by atoms with Gasteiger partial charge < -0.3 is 4.74 Å². The van der Waals surface area contributed by atoms with Crippen molar-refractivity contribution in [3.8, 4) is 0 Å². The minimum absolute atomic E-state index is 0.479. The van der Waals surface area contributed by atoms with Crippen molar-refractivity contribution in [2.24, 2.45) is 0 Å². The molecule has 0 aromatic carbocycles. The van der Waals surface area contributed by atoms with Crippen LogP contribution in [0.5, 0.6) is 0 Å². The molecule has 1 N–H and O–H groups in total. The number of nitrogens with one attached hydrogen (secondary N) is 1. The minimum atomic E-state index is 0.479. The molecule has 1 aromatic rings. The molecular formula is C7H10ClN3O. The summed E-state index contributed by atoms with van der Waals surface area (Å²) in [7, 11) is 0. The van der Waals surface area contributed by atoms with E-state index in [1.165, 1.54) is 6.33 Å². The first-order chi connectivity index (χ1) is 5.88. The Morgan fingerprint density at radius 2 is 2.50 bits per heavy atom. The van der Waals surface area contributed by atoms with Crippen LogP contribution in [0.15, 0.2) is 12.5 Å². The van der Waals surface area contributed by atoms with Gasteiger partial charge in [0.05, 0.1) is 6.61 Å². The summed E-state index contributed by atoms with van der Waals surface area (Å²) in [4.78, 5) is 10.2. The Labute approximate surface area is 76.0 Å². The molecule has 0 radical (unpaired) electrons. The standard InChI is InChI=1S/C7H10ClN3O/c1-2-12-4-6-3-9-5-10-7(6)11-8/h3,5H,2,4H2,1H3,(H,9,10,11). The van der Waals surface area contributed by atoms with Crippen LogP contribution in [0.1, 0.15) is 12.5 Å². The van der Waals surface area contributed by atoms with Crippen molar-refractivity contribution in [2.45, 2.75) is 13.5 Å². The van der Waals surface area contributed by atoms with Crippen LogP contribution in [-0.4, -0.2) is 16.6 Å². The van der Waals surface area contributed by atoms with Crippen molar-refractivity contribution in [1.82, 2.24) is 9.97 Å². The Balaban J connectivity index is 2.68. The number of nitrogens with zero attached hydrogens (tertiary/aromatic N) is 2. The van der Waals surface area contributed by atoms with Crippen LogP contribution in [-0.2, 0) is 11.3 Å². The summed E-state index contributed by atoms with van der Waals surface area (Å²) in [6.07, 6.45) is 3.10. The van der Waals surface area contributed by atoms with Crippen LogP contribution in [0.2, 0.25) is 0 Å². The molecule has 0 fully saturated rings. The van der Waals surface area contributed by atoms with Gasteiger partial charge in [0.15, 0.2) is 0 Å². The molecule has 0 aliphatic carbocycles. The fraction of sp³-hybridized carbons (Fsp3) is 0.429. The molecule has 5 heteroatoms. The number of hydrogen-bond acceptors (Lipinski definition) is 4. The largest absolute Gasteiger partial charge is 0.377 e. The van der Waals surface area contributed by atoms with Gasteiger partial charge in [0.1, 0.15) is 12.1 Å². The van der Waals surface area contributed by atoms with Crippen LogP contribution < -0.4 is 4.84 Å². The van der Waals surface area contributed by atoms with E-state index in [2.05, 4.69) is 14.8 Å². The summed E-state index contributed by atoms with van der Waals surface area (Å²) in [5, 5.41) is 0. The van der Waals surface area contributed by atoms with E-state index in [1.54, 1.807) is 6.20 Å². The van der Waals surface area contributed by atoms with Crippen molar-refractivity contribution < 1.29 is 4.74 Å². The number of halogens is 1. The van der Waals surface area contributed by atoms with Gasteiger partial charge in [0.25, 0.3) is 0 Å². The van der Waals surface area contributed by atoms with Gasteiger partial charge in [-0.25, -0.2) is 9.97 Å². The lowest BCUT2D eigenvalue weighted by Crippen LogP contribution is -1.98. The van der Waals surface area contributed by atoms with Crippen molar-refractivity contribution in [2.75, 3.05) is 11.4 Å². The van der Waals surface area contributed by atoms with E-state index in [-0.39, 0.29) is 0 Å². The highest BCUT2D eigenvalue weighted by molar-refractivity contribution is 6.23. The lowest BCUT2D eigenvalue weighted by Gasteiger charge is -2.04. The molecule has 1 aromatic heterocycles. The molecule has 0 spiro atoms. The molecule has 12 heavy (non-hydrogen) atoms. The third-order valence-corrected chi connectivity index (χ3v) is 1.52. The van der Waals surface area contributed by atoms with Crippen LogP contribution in [0.4, 0.5) is 5.82 Å². The molecular weight excluding hydrogens is 178 g/mol. The Kier molecular flexibility index (Phi) is 3.76. The predicted molar refractivity (Wildman–Crippen MR) is 46.8 cm³/mol. The molecule has 0 atom stereocenters. The van der Waals surface area contributed by atoms with Gasteiger partial charge in [-0.1, -0.05) is 0 Å². The molecule has 0 bridgehead atoms. The number of hydrogen-bond donors (Lipinski definition) is 1. The average molecular weight is 188 g/mol. The van der Waals surface area contributed by atoms with Crippen LogP contribution in [0.25, 0.3) is 0 Å². The van der Waals surface area contributed by atoms with Crippen molar-refractivity contribution in [1.29, 1.82) is 0 Å². The predicted octanol–water partition coefficient (Wildman–Crippen LogP) is 1.58. The first-order valence-corrected chi connectivity index (χ1v) is 3.99. The van der Waals surface area contributed by atoms with Crippen molar-refractivity contribution in [3.63, 3.8) is 0 Å². The highest BCUT2D eigenvalue weighted by Crippen LogP contribution is 2.11. The van der Waals surface area contributed by atoms with E-state index in [9.17, 15) is 0 Å². The molecule has 0 amide bonds. The summed E-state index contributed by atoms with van der Waals surface area (Å²) >= 11 is 5.42. The smallest absolute Gasteiger partial charge is 0.149 e. The molecule has 0 aliphatic rings. The quantitative estimate of drug-likeness (QED) is 0.728. The van der Waals surface area contributed by atoms with Gasteiger partial charge in [-0.15, -0.1) is 0 Å². The van der Waals surface area contributed by atoms with Crippen LogP contribution in [0.3, 0.4) is 0 Å². The maximum Gasteiger partial charge on any atom is 0.149 e. The van der Waals surface area contributed by atoms with Crippen molar-refractivity contribution in [3.05, 3.63) is 18.1 Å². The highest BCUT2D eigenvalue weighted by Gasteiger charge is 2.01. The van der Waals surface area contributed by atoms with Crippen LogP contribution >= 0.6 is 11.8 Å². The van der Waals surface area contributed by atoms with E-state index >= 15 is 0 Å². The van der Waals surface area contributed by atoms with E-state index in [4.69, 9.17) is 16.5 Å². The molecule has 4 nitrogen and oxygen atoms in total. The molecule has 0 aliphatic heterocycles. The summed E-state index contributed by atoms with van der Waals surface area (Å²) < 4.78 is 5.18. The second-order valence-electron chi connectivity index (χ2n) is 2.13. The maximum atomic E-state index is 5.42. The van der Waals surface area contributed by atoms with Gasteiger partial charge >= 0.3 is 0 Å².